The SMILES string of the molecule is COCC(C)Cc1ccc(CCNc2nc(N)n3nc(-c4ccco4)nc3n2)cc1. The summed E-state index contributed by atoms with van der Waals surface area (Å²) < 4.78 is 11.9. The van der Waals surface area contributed by atoms with Gasteiger partial charge < -0.3 is 20.2 Å². The minimum Gasteiger partial charge on any atom is -0.461 e. The summed E-state index contributed by atoms with van der Waals surface area (Å²) in [7, 11) is 1.74. The van der Waals surface area contributed by atoms with Gasteiger partial charge in [-0.2, -0.15) is 19.5 Å². The van der Waals surface area contributed by atoms with Crippen molar-refractivity contribution < 1.29 is 9.15 Å². The van der Waals surface area contributed by atoms with Crippen molar-refractivity contribution in [2.45, 2.75) is 19.8 Å². The van der Waals surface area contributed by atoms with Crippen LogP contribution >= 0.6 is 0 Å². The van der Waals surface area contributed by atoms with Crippen LogP contribution in [0.4, 0.5) is 11.9 Å². The molecule has 0 spiro atoms. The number of ether oxygens (including phenoxy) is 1. The molecule has 0 aliphatic heterocycles. The van der Waals surface area contributed by atoms with Crippen molar-refractivity contribution in [1.29, 1.82) is 0 Å². The molecule has 30 heavy (non-hydrogen) atoms. The lowest BCUT2D eigenvalue weighted by Gasteiger charge is -2.11. The van der Waals surface area contributed by atoms with Crippen LogP contribution in [-0.4, -0.2) is 44.8 Å². The molecule has 0 bridgehead atoms. The highest BCUT2D eigenvalue weighted by molar-refractivity contribution is 5.52. The van der Waals surface area contributed by atoms with Crippen molar-refractivity contribution in [2.24, 2.45) is 5.92 Å². The van der Waals surface area contributed by atoms with E-state index in [2.05, 4.69) is 56.6 Å². The Morgan fingerprint density at radius 1 is 1.13 bits per heavy atom. The lowest BCUT2D eigenvalue weighted by molar-refractivity contribution is 0.159. The molecule has 0 saturated heterocycles. The molecule has 156 valence electrons. The molecule has 9 nitrogen and oxygen atoms in total. The largest absolute Gasteiger partial charge is 0.461 e. The van der Waals surface area contributed by atoms with Gasteiger partial charge in [0.15, 0.2) is 5.76 Å². The third-order valence-corrected chi connectivity index (χ3v) is 4.73. The molecule has 0 amide bonds. The molecule has 3 N–H and O–H groups in total. The number of nitrogens with zero attached hydrogens (tertiary/aromatic N) is 5. The van der Waals surface area contributed by atoms with E-state index in [1.165, 1.54) is 15.6 Å². The molecule has 0 fully saturated rings. The number of methoxy groups -OCH3 is 1. The third-order valence-electron chi connectivity index (χ3n) is 4.73. The van der Waals surface area contributed by atoms with E-state index in [0.29, 0.717) is 35.8 Å². The standard InChI is InChI=1S/C21H25N7O2/c1-14(13-29-2)12-16-7-5-15(6-8-16)9-10-23-20-25-19(22)28-21(26-20)24-18(27-28)17-4-3-11-30-17/h3-8,11,14H,9-10,12-13H2,1-2H3,(H3,22,23,24,25,26,27). The van der Waals surface area contributed by atoms with E-state index in [1.807, 2.05) is 0 Å². The maximum absolute atomic E-state index is 6.01. The van der Waals surface area contributed by atoms with E-state index in [-0.39, 0.29) is 5.95 Å². The van der Waals surface area contributed by atoms with Crippen LogP contribution in [0.25, 0.3) is 17.4 Å². The van der Waals surface area contributed by atoms with E-state index in [1.54, 1.807) is 25.5 Å². The van der Waals surface area contributed by atoms with Gasteiger partial charge in [-0.25, -0.2) is 0 Å². The first kappa shape index (κ1) is 19.8. The Morgan fingerprint density at radius 2 is 1.93 bits per heavy atom. The molecule has 4 aromatic rings. The van der Waals surface area contributed by atoms with Gasteiger partial charge in [0.2, 0.25) is 17.7 Å². The molecule has 1 atom stereocenters. The highest BCUT2D eigenvalue weighted by Gasteiger charge is 2.13. The first-order valence-corrected chi connectivity index (χ1v) is 9.87. The van der Waals surface area contributed by atoms with E-state index in [0.717, 1.165) is 19.4 Å². The Bertz CT molecular complexity index is 1090. The number of hydrogen-bond acceptors (Lipinski definition) is 8. The van der Waals surface area contributed by atoms with Crippen LogP contribution in [0.3, 0.4) is 0 Å². The van der Waals surface area contributed by atoms with Gasteiger partial charge in [0, 0.05) is 20.3 Å². The van der Waals surface area contributed by atoms with Crippen LogP contribution < -0.4 is 11.1 Å². The average Bonchev–Trinajstić information content (AvgIpc) is 3.39. The predicted octanol–water partition coefficient (Wildman–Crippen LogP) is 2.84. The number of nitrogens with two attached hydrogens (primary N) is 1. The van der Waals surface area contributed by atoms with Gasteiger partial charge in [-0.3, -0.25) is 0 Å². The predicted molar refractivity (Wildman–Crippen MR) is 114 cm³/mol. The van der Waals surface area contributed by atoms with Crippen molar-refractivity contribution in [2.75, 3.05) is 31.3 Å². The van der Waals surface area contributed by atoms with E-state index < -0.39 is 0 Å². The summed E-state index contributed by atoms with van der Waals surface area (Å²) in [5.41, 5.74) is 8.57. The number of furan rings is 1. The lowest BCUT2D eigenvalue weighted by atomic mass is 10.00. The summed E-state index contributed by atoms with van der Waals surface area (Å²) in [6.45, 7) is 3.64. The van der Waals surface area contributed by atoms with Crippen LogP contribution in [0.1, 0.15) is 18.1 Å². The van der Waals surface area contributed by atoms with Gasteiger partial charge in [0.1, 0.15) is 0 Å². The number of nitrogens with one attached hydrogen (secondary N) is 1. The zero-order chi connectivity index (χ0) is 20.9. The Labute approximate surface area is 174 Å². The molecular formula is C21H25N7O2. The fourth-order valence-corrected chi connectivity index (χ4v) is 3.30. The molecule has 3 aromatic heterocycles. The number of benzene rings is 1. The number of anilines is 2. The molecule has 1 aromatic carbocycles. The zero-order valence-corrected chi connectivity index (χ0v) is 17.1. The summed E-state index contributed by atoms with van der Waals surface area (Å²) in [6, 6.07) is 12.2. The van der Waals surface area contributed by atoms with Crippen molar-refractivity contribution in [3.63, 3.8) is 0 Å². The van der Waals surface area contributed by atoms with E-state index >= 15 is 0 Å². The molecule has 4 rings (SSSR count). The van der Waals surface area contributed by atoms with Gasteiger partial charge in [-0.05, 0) is 42.0 Å². The van der Waals surface area contributed by atoms with Crippen LogP contribution in [0, 0.1) is 5.92 Å². The molecule has 9 heteroatoms. The number of hydrogen-bond donors (Lipinski definition) is 2. The highest BCUT2D eigenvalue weighted by Crippen LogP contribution is 2.17. The summed E-state index contributed by atoms with van der Waals surface area (Å²) in [5, 5.41) is 7.50. The molecule has 0 aliphatic carbocycles. The smallest absolute Gasteiger partial charge is 0.259 e. The minimum atomic E-state index is 0.210. The molecule has 0 radical (unpaired) electrons. The summed E-state index contributed by atoms with van der Waals surface area (Å²) >= 11 is 0. The van der Waals surface area contributed by atoms with Gasteiger partial charge in [-0.15, -0.1) is 5.10 Å². The van der Waals surface area contributed by atoms with Crippen LogP contribution in [0.5, 0.6) is 0 Å². The van der Waals surface area contributed by atoms with Gasteiger partial charge in [-0.1, -0.05) is 31.2 Å². The highest BCUT2D eigenvalue weighted by atomic mass is 16.5. The fourth-order valence-electron chi connectivity index (χ4n) is 3.30. The summed E-state index contributed by atoms with van der Waals surface area (Å²) in [6.07, 6.45) is 3.42. The van der Waals surface area contributed by atoms with E-state index in [4.69, 9.17) is 14.9 Å². The van der Waals surface area contributed by atoms with Crippen molar-refractivity contribution in [3.8, 4) is 11.6 Å². The lowest BCUT2D eigenvalue weighted by Crippen LogP contribution is -2.12. The zero-order valence-electron chi connectivity index (χ0n) is 17.1. The van der Waals surface area contributed by atoms with Crippen molar-refractivity contribution in [3.05, 3.63) is 53.8 Å². The monoisotopic (exact) mass is 407 g/mol. The molecule has 3 heterocycles. The fraction of sp³-hybridized carbons (Fsp3) is 0.333. The number of nitrogen functional groups attached to an aromatic ring is 1. The molecular weight excluding hydrogens is 382 g/mol. The van der Waals surface area contributed by atoms with Gasteiger partial charge >= 0.3 is 0 Å². The third kappa shape index (κ3) is 4.57. The van der Waals surface area contributed by atoms with Crippen LogP contribution in [-0.2, 0) is 17.6 Å². The molecule has 0 saturated carbocycles. The quantitative estimate of drug-likeness (QED) is 0.435. The maximum atomic E-state index is 6.01. The van der Waals surface area contributed by atoms with Crippen molar-refractivity contribution in [1.82, 2.24) is 24.6 Å². The molecule has 1 unspecified atom stereocenters. The number of fused-ring (bicyclic) bond motifs is 1. The first-order valence-electron chi connectivity index (χ1n) is 9.87. The Hall–Kier alpha value is -3.46. The van der Waals surface area contributed by atoms with Crippen LogP contribution in [0.15, 0.2) is 47.1 Å². The van der Waals surface area contributed by atoms with Crippen LogP contribution in [0.2, 0.25) is 0 Å². The number of rotatable bonds is 9. The van der Waals surface area contributed by atoms with Gasteiger partial charge in [0.25, 0.3) is 5.78 Å². The topological polar surface area (TPSA) is 116 Å². The Balaban J connectivity index is 1.37. The second kappa shape index (κ2) is 8.91. The minimum absolute atomic E-state index is 0.210. The number of aromatic nitrogens is 5. The first-order chi connectivity index (χ1) is 14.6. The summed E-state index contributed by atoms with van der Waals surface area (Å²) in [4.78, 5) is 13.0. The Kier molecular flexibility index (Phi) is 5.89. The normalized spacial score (nSPS) is 12.3. The average molecular weight is 407 g/mol. The second-order valence-electron chi connectivity index (χ2n) is 7.29. The Morgan fingerprint density at radius 3 is 2.67 bits per heavy atom. The second-order valence-corrected chi connectivity index (χ2v) is 7.29. The summed E-state index contributed by atoms with van der Waals surface area (Å²) in [5.74, 6) is 2.47. The molecule has 0 aliphatic rings. The van der Waals surface area contributed by atoms with Gasteiger partial charge in [0.05, 0.1) is 6.26 Å². The maximum Gasteiger partial charge on any atom is 0.259 e. The van der Waals surface area contributed by atoms with Crippen molar-refractivity contribution >= 4 is 17.7 Å². The van der Waals surface area contributed by atoms with E-state index in [9.17, 15) is 0 Å².